The molecule has 0 bridgehead atoms. The van der Waals surface area contributed by atoms with Gasteiger partial charge in [0, 0.05) is 39.8 Å². The fraction of sp³-hybridized carbons (Fsp3) is 0.733. The van der Waals surface area contributed by atoms with E-state index in [1.54, 1.807) is 7.11 Å². The number of carbonyl (C=O) groups excluding carboxylic acids is 1. The van der Waals surface area contributed by atoms with Gasteiger partial charge in [-0.3, -0.25) is 9.69 Å². The molecule has 1 atom stereocenters. The van der Waals surface area contributed by atoms with Gasteiger partial charge in [0.15, 0.2) is 0 Å². The minimum Gasteiger partial charge on any atom is -0.383 e. The lowest BCUT2D eigenvalue weighted by Gasteiger charge is -2.41. The van der Waals surface area contributed by atoms with Crippen LogP contribution in [0.25, 0.3) is 0 Å². The zero-order valence-corrected chi connectivity index (χ0v) is 12.8. The monoisotopic (exact) mass is 292 g/mol. The van der Waals surface area contributed by atoms with E-state index in [-0.39, 0.29) is 11.8 Å². The molecule has 21 heavy (non-hydrogen) atoms. The van der Waals surface area contributed by atoms with Crippen LogP contribution >= 0.6 is 0 Å². The number of aromatic nitrogens is 2. The van der Waals surface area contributed by atoms with Crippen LogP contribution in [0.15, 0.2) is 6.33 Å². The quantitative estimate of drug-likeness (QED) is 0.809. The van der Waals surface area contributed by atoms with Crippen LogP contribution in [-0.4, -0.2) is 53.2 Å². The normalized spacial score (nSPS) is 22.7. The summed E-state index contributed by atoms with van der Waals surface area (Å²) in [5.41, 5.74) is 2.13. The van der Waals surface area contributed by atoms with Gasteiger partial charge in [0.05, 0.1) is 30.2 Å². The van der Waals surface area contributed by atoms with Gasteiger partial charge < -0.3 is 14.6 Å². The predicted octanol–water partition coefficient (Wildman–Crippen LogP) is 0.634. The van der Waals surface area contributed by atoms with Gasteiger partial charge in [-0.05, 0) is 12.8 Å². The van der Waals surface area contributed by atoms with Crippen LogP contribution in [0, 0.1) is 0 Å². The molecular formula is C15H24N4O2. The minimum atomic E-state index is -0.126. The van der Waals surface area contributed by atoms with Gasteiger partial charge in [-0.1, -0.05) is 6.42 Å². The number of nitrogens with zero attached hydrogens (tertiary/aromatic N) is 3. The van der Waals surface area contributed by atoms with Crippen molar-refractivity contribution < 1.29 is 9.53 Å². The third-order valence-electron chi connectivity index (χ3n) is 4.68. The van der Waals surface area contributed by atoms with E-state index in [0.717, 1.165) is 24.5 Å². The van der Waals surface area contributed by atoms with Crippen molar-refractivity contribution in [2.75, 3.05) is 26.8 Å². The number of hydrogen-bond acceptors (Lipinski definition) is 4. The zero-order chi connectivity index (χ0) is 14.8. The fourth-order valence-electron chi connectivity index (χ4n) is 3.27. The van der Waals surface area contributed by atoms with Crippen molar-refractivity contribution in [3.05, 3.63) is 17.7 Å². The highest BCUT2D eigenvalue weighted by Gasteiger charge is 2.37. The lowest BCUT2D eigenvalue weighted by molar-refractivity contribution is -0.124. The van der Waals surface area contributed by atoms with E-state index in [9.17, 15) is 4.79 Å². The first-order chi connectivity index (χ1) is 10.2. The SMILES string of the molecule is COCCNC(=O)C1CN(C2CCC2)Cc2ncn(C)c21. The maximum Gasteiger partial charge on any atom is 0.230 e. The van der Waals surface area contributed by atoms with E-state index in [2.05, 4.69) is 15.2 Å². The topological polar surface area (TPSA) is 59.4 Å². The van der Waals surface area contributed by atoms with Crippen molar-refractivity contribution in [3.8, 4) is 0 Å². The zero-order valence-electron chi connectivity index (χ0n) is 12.8. The molecule has 1 fully saturated rings. The van der Waals surface area contributed by atoms with Crippen LogP contribution in [0.1, 0.15) is 36.6 Å². The van der Waals surface area contributed by atoms with Crippen LogP contribution in [-0.2, 0) is 23.1 Å². The van der Waals surface area contributed by atoms with Crippen LogP contribution in [0.3, 0.4) is 0 Å². The molecule has 1 aromatic rings. The average molecular weight is 292 g/mol. The van der Waals surface area contributed by atoms with Crippen molar-refractivity contribution in [2.45, 2.75) is 37.8 Å². The van der Waals surface area contributed by atoms with Crippen LogP contribution in [0.5, 0.6) is 0 Å². The maximum atomic E-state index is 12.5. The molecule has 0 radical (unpaired) electrons. The summed E-state index contributed by atoms with van der Waals surface area (Å²) in [6.07, 6.45) is 5.63. The number of rotatable bonds is 5. The summed E-state index contributed by atoms with van der Waals surface area (Å²) in [7, 11) is 3.62. The Morgan fingerprint density at radius 1 is 1.52 bits per heavy atom. The molecule has 1 N–H and O–H groups in total. The van der Waals surface area contributed by atoms with Crippen molar-refractivity contribution >= 4 is 5.91 Å². The molecule has 1 saturated carbocycles. The number of imidazole rings is 1. The van der Waals surface area contributed by atoms with E-state index in [0.29, 0.717) is 19.2 Å². The van der Waals surface area contributed by atoms with Crippen LogP contribution in [0.2, 0.25) is 0 Å². The molecule has 6 heteroatoms. The van der Waals surface area contributed by atoms with Crippen molar-refractivity contribution in [2.24, 2.45) is 7.05 Å². The molecule has 1 unspecified atom stereocenters. The summed E-state index contributed by atoms with van der Waals surface area (Å²) < 4.78 is 7.00. The second-order valence-electron chi connectivity index (χ2n) is 6.04. The van der Waals surface area contributed by atoms with E-state index < -0.39 is 0 Å². The lowest BCUT2D eigenvalue weighted by Crippen LogP contribution is -2.48. The molecule has 6 nitrogen and oxygen atoms in total. The van der Waals surface area contributed by atoms with Crippen molar-refractivity contribution in [1.29, 1.82) is 0 Å². The Hall–Kier alpha value is -1.40. The third-order valence-corrected chi connectivity index (χ3v) is 4.68. The van der Waals surface area contributed by atoms with Gasteiger partial charge in [-0.2, -0.15) is 0 Å². The van der Waals surface area contributed by atoms with Gasteiger partial charge in [0.25, 0.3) is 0 Å². The number of fused-ring (bicyclic) bond motifs is 1. The number of aryl methyl sites for hydroxylation is 1. The number of amides is 1. The summed E-state index contributed by atoms with van der Waals surface area (Å²) >= 11 is 0. The Bertz CT molecular complexity index is 510. The Balaban J connectivity index is 1.76. The van der Waals surface area contributed by atoms with E-state index in [4.69, 9.17) is 4.74 Å². The Labute approximate surface area is 125 Å². The molecule has 0 saturated heterocycles. The summed E-state index contributed by atoms with van der Waals surface area (Å²) in [6.45, 7) is 2.78. The Kier molecular flexibility index (Phi) is 4.26. The molecule has 1 aliphatic heterocycles. The predicted molar refractivity (Wildman–Crippen MR) is 78.9 cm³/mol. The first-order valence-electron chi connectivity index (χ1n) is 7.71. The second kappa shape index (κ2) is 6.15. The smallest absolute Gasteiger partial charge is 0.230 e. The molecular weight excluding hydrogens is 268 g/mol. The highest BCUT2D eigenvalue weighted by atomic mass is 16.5. The Morgan fingerprint density at radius 2 is 2.33 bits per heavy atom. The fourth-order valence-corrected chi connectivity index (χ4v) is 3.27. The summed E-state index contributed by atoms with van der Waals surface area (Å²) in [4.78, 5) is 19.4. The standard InChI is InChI=1S/C15H24N4O2/c1-18-10-17-13-9-19(11-4-3-5-11)8-12(14(13)18)15(20)16-6-7-21-2/h10-12H,3-9H2,1-2H3,(H,16,20). The van der Waals surface area contributed by atoms with Crippen molar-refractivity contribution in [3.63, 3.8) is 0 Å². The number of nitrogens with one attached hydrogen (secondary N) is 1. The molecule has 116 valence electrons. The molecule has 2 heterocycles. The molecule has 1 aromatic heterocycles. The molecule has 3 rings (SSSR count). The first-order valence-corrected chi connectivity index (χ1v) is 7.71. The Morgan fingerprint density at radius 3 is 3.00 bits per heavy atom. The molecule has 0 spiro atoms. The number of hydrogen-bond donors (Lipinski definition) is 1. The lowest BCUT2D eigenvalue weighted by atomic mass is 9.87. The first kappa shape index (κ1) is 14.5. The van der Waals surface area contributed by atoms with E-state index >= 15 is 0 Å². The minimum absolute atomic E-state index is 0.0842. The van der Waals surface area contributed by atoms with Gasteiger partial charge >= 0.3 is 0 Å². The van der Waals surface area contributed by atoms with Gasteiger partial charge in [0.2, 0.25) is 5.91 Å². The summed E-state index contributed by atoms with van der Waals surface area (Å²) in [6, 6.07) is 0.634. The highest BCUT2D eigenvalue weighted by Crippen LogP contribution is 2.33. The van der Waals surface area contributed by atoms with Gasteiger partial charge in [0.1, 0.15) is 0 Å². The summed E-state index contributed by atoms with van der Waals surface area (Å²) in [5, 5.41) is 2.98. The molecule has 1 aliphatic carbocycles. The van der Waals surface area contributed by atoms with Crippen molar-refractivity contribution in [1.82, 2.24) is 19.8 Å². The van der Waals surface area contributed by atoms with Crippen LogP contribution < -0.4 is 5.32 Å². The average Bonchev–Trinajstić information content (AvgIpc) is 2.78. The summed E-state index contributed by atoms with van der Waals surface area (Å²) in [5.74, 6) is -0.0420. The third kappa shape index (κ3) is 2.82. The number of methoxy groups -OCH3 is 1. The maximum absolute atomic E-state index is 12.5. The number of carbonyl (C=O) groups is 1. The largest absolute Gasteiger partial charge is 0.383 e. The van der Waals surface area contributed by atoms with E-state index in [1.807, 2.05) is 17.9 Å². The molecule has 0 aromatic carbocycles. The molecule has 1 amide bonds. The van der Waals surface area contributed by atoms with E-state index in [1.165, 1.54) is 19.3 Å². The van der Waals surface area contributed by atoms with Crippen LogP contribution in [0.4, 0.5) is 0 Å². The van der Waals surface area contributed by atoms with Gasteiger partial charge in [-0.15, -0.1) is 0 Å². The molecule has 2 aliphatic rings. The number of ether oxygens (including phenoxy) is 1. The van der Waals surface area contributed by atoms with Gasteiger partial charge in [-0.25, -0.2) is 4.98 Å². The highest BCUT2D eigenvalue weighted by molar-refractivity contribution is 5.84. The second-order valence-corrected chi connectivity index (χ2v) is 6.04.